The van der Waals surface area contributed by atoms with Gasteiger partial charge in [0.1, 0.15) is 43.6 Å². The van der Waals surface area contributed by atoms with Crippen molar-refractivity contribution >= 4 is 52.4 Å². The molecule has 3 N–H and O–H groups in total. The second kappa shape index (κ2) is 33.8. The van der Waals surface area contributed by atoms with E-state index in [1.807, 2.05) is 42.5 Å². The number of halogens is 11. The predicted octanol–water partition coefficient (Wildman–Crippen LogP) is 10.1. The molecule has 0 radical (unpaired) electrons. The molecule has 2 unspecified atom stereocenters. The van der Waals surface area contributed by atoms with Crippen LogP contribution < -0.4 is 20.1 Å². The number of nitrogens with zero attached hydrogens (tertiary/aromatic N) is 4. The van der Waals surface area contributed by atoms with Gasteiger partial charge in [0.25, 0.3) is 11.8 Å². The Balaban J connectivity index is 0.000000460. The Morgan fingerprint density at radius 2 is 0.963 bits per heavy atom. The molecule has 2 aromatic heterocycles. The first-order chi connectivity index (χ1) is 38.4. The summed E-state index contributed by atoms with van der Waals surface area (Å²) in [6.45, 7) is 9.02. The van der Waals surface area contributed by atoms with Crippen LogP contribution >= 0.6 is 23.2 Å². The average Bonchev–Trinajstić information content (AvgIpc) is 3.50. The number of oxime groups is 2. The molecule has 2 amide bonds. The van der Waals surface area contributed by atoms with Gasteiger partial charge >= 0.3 is 47.5 Å². The van der Waals surface area contributed by atoms with Crippen molar-refractivity contribution in [3.05, 3.63) is 202 Å². The maximum absolute atomic E-state index is 12.9. The number of nitrogens with one attached hydrogen (secondary N) is 2. The second-order valence-electron chi connectivity index (χ2n) is 14.9. The Bertz CT molecular complexity index is 3060. The molecule has 2 heterocycles. The van der Waals surface area contributed by atoms with Gasteiger partial charge < -0.3 is 39.6 Å². The molecule has 18 nitrogen and oxygen atoms in total. The maximum atomic E-state index is 12.9. The van der Waals surface area contributed by atoms with Crippen LogP contribution in [0.4, 0.5) is 39.5 Å². The summed E-state index contributed by atoms with van der Waals surface area (Å²) in [7, 11) is 5.65. The fourth-order valence-corrected chi connectivity index (χ4v) is 6.83. The minimum absolute atomic E-state index is 0.0239. The van der Waals surface area contributed by atoms with Gasteiger partial charge in [0.15, 0.2) is 17.5 Å². The van der Waals surface area contributed by atoms with Gasteiger partial charge in [-0.1, -0.05) is 143 Å². The Morgan fingerprint density at radius 1 is 0.593 bits per heavy atom. The molecule has 0 saturated carbocycles. The first-order valence-corrected chi connectivity index (χ1v) is 22.9. The van der Waals surface area contributed by atoms with Crippen molar-refractivity contribution in [3.8, 4) is 11.8 Å². The molecule has 81 heavy (non-hydrogen) atoms. The average molecular weight is 1190 g/mol. The quantitative estimate of drug-likeness (QED) is 0.0193. The summed E-state index contributed by atoms with van der Waals surface area (Å²) < 4.78 is 135. The van der Waals surface area contributed by atoms with Gasteiger partial charge in [-0.3, -0.25) is 9.59 Å². The number of alkyl halides is 9. The number of aliphatic hydroxyl groups is 1. The number of aromatic nitrogens is 2. The van der Waals surface area contributed by atoms with Crippen molar-refractivity contribution in [3.63, 3.8) is 0 Å². The van der Waals surface area contributed by atoms with Gasteiger partial charge in [-0.2, -0.15) is 17.9 Å². The van der Waals surface area contributed by atoms with E-state index in [-0.39, 0.29) is 57.9 Å². The zero-order valence-corrected chi connectivity index (χ0v) is 43.7. The van der Waals surface area contributed by atoms with Crippen molar-refractivity contribution in [2.75, 3.05) is 28.3 Å². The van der Waals surface area contributed by atoms with Gasteiger partial charge in [0, 0.05) is 48.7 Å². The molecule has 430 valence electrons. The molecule has 0 bridgehead atoms. The normalized spacial score (nSPS) is 12.0. The van der Waals surface area contributed by atoms with E-state index in [1.54, 1.807) is 65.4 Å². The van der Waals surface area contributed by atoms with Crippen molar-refractivity contribution in [2.24, 2.45) is 10.3 Å². The molecular formula is C52H43Cl2F9N6O12. The standard InChI is InChI=1S/C25H21ClF3N3O5.C23H22ClN3O4.C2F6O.2CO/c1-30-22(33)20(32-35-2)18-11-7-6-10-16(18)14-36-23-19(26)12-17(13-31-23)21(15-8-4-3-5-9-15)37-24(34)25(27,28)29;1-25-22(29)20(27-30-2)18-11-7-6-10-16(18)14-31-23-19(24)12-17(13-26-23)21(28)15-8-4-3-5-9-15;3-1(4,5)9-2(6,7)8;2*1-2/h3-13,21H,14H2,1-2H3,(H,30,33);3-13,21,28H,14H2,1-2H3,(H,25,29);;;/b32-20+;27-20+;;;. The molecule has 29 heteroatoms. The van der Waals surface area contributed by atoms with Gasteiger partial charge in [-0.15, -0.1) is 26.3 Å². The molecule has 2 atom stereocenters. The number of carbonyl (C=O) groups is 3. The predicted molar refractivity (Wildman–Crippen MR) is 267 cm³/mol. The van der Waals surface area contributed by atoms with E-state index in [4.69, 9.17) is 56.4 Å². The molecule has 0 spiro atoms. The van der Waals surface area contributed by atoms with Gasteiger partial charge in [-0.05, 0) is 34.4 Å². The Morgan fingerprint density at radius 3 is 1.32 bits per heavy atom. The van der Waals surface area contributed by atoms with Crippen molar-refractivity contribution < 1.29 is 96.9 Å². The zero-order chi connectivity index (χ0) is 60.9. The van der Waals surface area contributed by atoms with Crippen molar-refractivity contribution in [2.45, 2.75) is 44.3 Å². The first-order valence-electron chi connectivity index (χ1n) is 22.1. The number of amides is 2. The van der Waals surface area contributed by atoms with Gasteiger partial charge in [0.05, 0.1) is 0 Å². The Hall–Kier alpha value is -8.52. The van der Waals surface area contributed by atoms with Crippen molar-refractivity contribution in [1.82, 2.24) is 20.6 Å². The Kier molecular flexibility index (Phi) is 28.6. The molecule has 0 saturated heterocycles. The summed E-state index contributed by atoms with van der Waals surface area (Å²) in [5, 5.41) is 23.4. The molecule has 6 aromatic rings. The van der Waals surface area contributed by atoms with Crippen LogP contribution in [0.3, 0.4) is 0 Å². The van der Waals surface area contributed by atoms with Crippen LogP contribution in [0, 0.1) is 13.3 Å². The van der Waals surface area contributed by atoms with Gasteiger partial charge in [0.2, 0.25) is 11.8 Å². The van der Waals surface area contributed by atoms with E-state index in [0.717, 1.165) is 5.56 Å². The number of carbonyl (C=O) groups excluding carboxylic acids is 3. The third-order valence-corrected chi connectivity index (χ3v) is 10.2. The number of pyridine rings is 2. The van der Waals surface area contributed by atoms with E-state index in [9.17, 15) is 59.0 Å². The summed E-state index contributed by atoms with van der Waals surface area (Å²) >= 11 is 12.7. The first kappa shape index (κ1) is 68.6. The van der Waals surface area contributed by atoms with Crippen molar-refractivity contribution in [1.29, 1.82) is 0 Å². The molecule has 0 aliphatic rings. The van der Waals surface area contributed by atoms with Crippen LogP contribution in [0.1, 0.15) is 56.7 Å². The van der Waals surface area contributed by atoms with Crippen LogP contribution in [0.15, 0.2) is 144 Å². The monoisotopic (exact) mass is 1180 g/mol. The van der Waals surface area contributed by atoms with E-state index in [0.29, 0.717) is 33.4 Å². The number of hydrogen-bond acceptors (Lipinski definition) is 14. The summed E-state index contributed by atoms with van der Waals surface area (Å²) in [6, 6.07) is 34.0. The van der Waals surface area contributed by atoms with Crippen LogP contribution in [0.5, 0.6) is 11.8 Å². The summed E-state index contributed by atoms with van der Waals surface area (Å²) in [5.74, 6) is -3.02. The molecule has 0 aliphatic heterocycles. The topological polar surface area (TPSA) is 241 Å². The minimum atomic E-state index is -5.64. The van der Waals surface area contributed by atoms with Gasteiger partial charge in [-0.25, -0.2) is 14.8 Å². The Labute approximate surface area is 464 Å². The third-order valence-electron chi connectivity index (χ3n) is 9.70. The number of benzene rings is 4. The number of ether oxygens (including phenoxy) is 4. The summed E-state index contributed by atoms with van der Waals surface area (Å²) in [6.07, 6.45) is -16.0. The molecule has 0 fully saturated rings. The fraction of sp³-hybridized carbons (Fsp3) is 0.212. The van der Waals surface area contributed by atoms with Crippen LogP contribution in [-0.2, 0) is 56.1 Å². The second-order valence-corrected chi connectivity index (χ2v) is 15.7. The number of hydrogen-bond donors (Lipinski definition) is 3. The molecule has 6 rings (SSSR count). The van der Waals surface area contributed by atoms with Crippen LogP contribution in [-0.4, -0.2) is 91.5 Å². The molecule has 4 aromatic carbocycles. The summed E-state index contributed by atoms with van der Waals surface area (Å²) in [4.78, 5) is 54.0. The van der Waals surface area contributed by atoms with E-state index < -0.39 is 43.0 Å². The van der Waals surface area contributed by atoms with Crippen LogP contribution in [0.25, 0.3) is 0 Å². The van der Waals surface area contributed by atoms with E-state index in [2.05, 4.69) is 44.2 Å². The summed E-state index contributed by atoms with van der Waals surface area (Å²) in [5.41, 5.74) is 4.12. The van der Waals surface area contributed by atoms with E-state index in [1.165, 1.54) is 58.9 Å². The number of rotatable bonds is 17. The number of esters is 1. The number of likely N-dealkylation sites (N-methyl/N-ethyl adjacent to an activating group) is 2. The SMILES string of the molecule is CNC(=O)/C(=N/OC)c1ccccc1COc1ncc(C(O)c2ccccc2)cc1Cl.CNC(=O)/C(=N/OC)c1ccccc1COc1ncc(C(OC(=O)C(F)(F)F)c2ccccc2)cc1Cl.FC(F)(F)OC(F)(F)F.[C-]#[O+].[C-]#[O+]. The molecular weight excluding hydrogens is 1140 g/mol. The fourth-order valence-electron chi connectivity index (χ4n) is 6.37. The van der Waals surface area contributed by atoms with E-state index >= 15 is 0 Å². The third kappa shape index (κ3) is 22.6. The zero-order valence-electron chi connectivity index (χ0n) is 42.2. The number of aliphatic hydroxyl groups excluding tert-OH is 1. The van der Waals surface area contributed by atoms with Crippen LogP contribution in [0.2, 0.25) is 10.0 Å². The molecule has 0 aliphatic carbocycles.